The molecule has 0 aromatic rings. The molecule has 0 radical (unpaired) electrons. The van der Waals surface area contributed by atoms with E-state index >= 15 is 0 Å². The van der Waals surface area contributed by atoms with Crippen molar-refractivity contribution in [1.29, 1.82) is 0 Å². The largest absolute Gasteiger partial charge is 0.381 e. The molecular formula is C16H27NO4. The average molecular weight is 297 g/mol. The van der Waals surface area contributed by atoms with Crippen LogP contribution in [-0.2, 0) is 19.0 Å². The Kier molecular flexibility index (Phi) is 5.49. The second-order valence-electron chi connectivity index (χ2n) is 6.40. The average Bonchev–Trinajstić information content (AvgIpc) is 3.20. The Morgan fingerprint density at radius 1 is 0.857 bits per heavy atom. The molecule has 3 aliphatic rings. The zero-order valence-corrected chi connectivity index (χ0v) is 12.8. The maximum atomic E-state index is 12.8. The van der Waals surface area contributed by atoms with E-state index in [4.69, 9.17) is 14.2 Å². The minimum atomic E-state index is 0.126. The van der Waals surface area contributed by atoms with Crippen molar-refractivity contribution in [2.24, 2.45) is 5.92 Å². The summed E-state index contributed by atoms with van der Waals surface area (Å²) in [4.78, 5) is 14.8. The van der Waals surface area contributed by atoms with Gasteiger partial charge in [-0.2, -0.15) is 0 Å². The van der Waals surface area contributed by atoms with Crippen LogP contribution in [0.3, 0.4) is 0 Å². The fourth-order valence-electron chi connectivity index (χ4n) is 3.53. The van der Waals surface area contributed by atoms with Crippen molar-refractivity contribution in [1.82, 2.24) is 4.90 Å². The fraction of sp³-hybridized carbons (Fsp3) is 0.938. The van der Waals surface area contributed by atoms with Crippen molar-refractivity contribution in [3.05, 3.63) is 0 Å². The third-order valence-corrected chi connectivity index (χ3v) is 4.78. The Bertz CT molecular complexity index is 313. The van der Waals surface area contributed by atoms with E-state index in [9.17, 15) is 4.79 Å². The molecule has 5 heteroatoms. The minimum absolute atomic E-state index is 0.126. The van der Waals surface area contributed by atoms with Crippen LogP contribution in [0.1, 0.15) is 38.5 Å². The van der Waals surface area contributed by atoms with E-state index in [2.05, 4.69) is 0 Å². The normalized spacial score (nSPS) is 30.7. The number of hydrogen-bond donors (Lipinski definition) is 0. The lowest BCUT2D eigenvalue weighted by Crippen LogP contribution is -2.45. The van der Waals surface area contributed by atoms with E-state index in [0.717, 1.165) is 64.8 Å². The third-order valence-electron chi connectivity index (χ3n) is 4.78. The summed E-state index contributed by atoms with van der Waals surface area (Å²) in [5.41, 5.74) is 0. The zero-order valence-electron chi connectivity index (χ0n) is 12.8. The van der Waals surface area contributed by atoms with Crippen LogP contribution in [0.15, 0.2) is 0 Å². The van der Waals surface area contributed by atoms with Crippen molar-refractivity contribution in [3.8, 4) is 0 Å². The van der Waals surface area contributed by atoms with E-state index in [0.29, 0.717) is 13.2 Å². The lowest BCUT2D eigenvalue weighted by atomic mass is 9.98. The van der Waals surface area contributed by atoms with Gasteiger partial charge in [-0.05, 0) is 38.5 Å². The molecule has 0 bridgehead atoms. The summed E-state index contributed by atoms with van der Waals surface area (Å²) in [7, 11) is 0. The first-order chi connectivity index (χ1) is 10.3. The SMILES string of the molecule is O=C(C1CCOCC1)N(C[C@@H]1CCCO1)C[C@@H]1CCCO1. The smallest absolute Gasteiger partial charge is 0.226 e. The lowest BCUT2D eigenvalue weighted by molar-refractivity contribution is -0.141. The van der Waals surface area contributed by atoms with Crippen LogP contribution in [-0.4, -0.2) is 62.5 Å². The first kappa shape index (κ1) is 15.3. The predicted molar refractivity (Wildman–Crippen MR) is 78.1 cm³/mol. The van der Waals surface area contributed by atoms with E-state index in [1.54, 1.807) is 0 Å². The van der Waals surface area contributed by atoms with Gasteiger partial charge in [0.1, 0.15) is 0 Å². The van der Waals surface area contributed by atoms with Gasteiger partial charge < -0.3 is 19.1 Å². The summed E-state index contributed by atoms with van der Waals surface area (Å²) >= 11 is 0. The molecule has 0 spiro atoms. The standard InChI is InChI=1S/C16H27NO4/c18-16(13-5-9-19-10-6-13)17(11-14-3-1-7-20-14)12-15-4-2-8-21-15/h13-15H,1-12H2/t14-,15-/m0/s1. The summed E-state index contributed by atoms with van der Waals surface area (Å²) in [6.45, 7) is 4.56. The maximum Gasteiger partial charge on any atom is 0.226 e. The van der Waals surface area contributed by atoms with E-state index in [1.807, 2.05) is 4.90 Å². The number of nitrogens with zero attached hydrogens (tertiary/aromatic N) is 1. The monoisotopic (exact) mass is 297 g/mol. The molecule has 3 rings (SSSR count). The predicted octanol–water partition coefficient (Wildman–Crippen LogP) is 1.60. The lowest BCUT2D eigenvalue weighted by Gasteiger charge is -2.32. The molecule has 5 nitrogen and oxygen atoms in total. The fourth-order valence-corrected chi connectivity index (χ4v) is 3.53. The highest BCUT2D eigenvalue weighted by Crippen LogP contribution is 2.22. The maximum absolute atomic E-state index is 12.8. The van der Waals surface area contributed by atoms with Crippen molar-refractivity contribution >= 4 is 5.91 Å². The van der Waals surface area contributed by atoms with Crippen molar-refractivity contribution < 1.29 is 19.0 Å². The van der Waals surface area contributed by atoms with Crippen LogP contribution in [0.2, 0.25) is 0 Å². The molecule has 0 unspecified atom stereocenters. The summed E-state index contributed by atoms with van der Waals surface area (Å²) in [6, 6.07) is 0. The number of ether oxygens (including phenoxy) is 3. The molecule has 0 aromatic carbocycles. The Morgan fingerprint density at radius 3 is 1.90 bits per heavy atom. The van der Waals surface area contributed by atoms with Gasteiger partial charge in [0.15, 0.2) is 0 Å². The van der Waals surface area contributed by atoms with Crippen LogP contribution < -0.4 is 0 Å². The highest BCUT2D eigenvalue weighted by Gasteiger charge is 2.31. The quantitative estimate of drug-likeness (QED) is 0.773. The minimum Gasteiger partial charge on any atom is -0.381 e. The molecule has 21 heavy (non-hydrogen) atoms. The van der Waals surface area contributed by atoms with Crippen LogP contribution in [0, 0.1) is 5.92 Å². The van der Waals surface area contributed by atoms with Crippen LogP contribution in [0.5, 0.6) is 0 Å². The molecule has 3 saturated heterocycles. The molecule has 3 fully saturated rings. The van der Waals surface area contributed by atoms with Crippen LogP contribution in [0.25, 0.3) is 0 Å². The topological polar surface area (TPSA) is 48.0 Å². The van der Waals surface area contributed by atoms with E-state index in [1.165, 1.54) is 0 Å². The Hall–Kier alpha value is -0.650. The van der Waals surface area contributed by atoms with Gasteiger partial charge in [0, 0.05) is 45.4 Å². The summed E-state index contributed by atoms with van der Waals surface area (Å²) < 4.78 is 16.8. The molecule has 0 aliphatic carbocycles. The number of carbonyl (C=O) groups excluding carboxylic acids is 1. The van der Waals surface area contributed by atoms with Crippen LogP contribution in [0.4, 0.5) is 0 Å². The summed E-state index contributed by atoms with van der Waals surface area (Å²) in [6.07, 6.45) is 6.52. The third kappa shape index (κ3) is 4.18. The molecule has 0 aromatic heterocycles. The first-order valence-electron chi connectivity index (χ1n) is 8.42. The summed E-state index contributed by atoms with van der Waals surface area (Å²) in [5.74, 6) is 0.408. The van der Waals surface area contributed by atoms with Gasteiger partial charge in [-0.15, -0.1) is 0 Å². The van der Waals surface area contributed by atoms with E-state index < -0.39 is 0 Å². The van der Waals surface area contributed by atoms with Gasteiger partial charge in [0.05, 0.1) is 12.2 Å². The molecule has 3 heterocycles. The van der Waals surface area contributed by atoms with Crippen molar-refractivity contribution in [3.63, 3.8) is 0 Å². The van der Waals surface area contributed by atoms with Gasteiger partial charge in [-0.25, -0.2) is 0 Å². The number of amides is 1. The first-order valence-corrected chi connectivity index (χ1v) is 8.42. The molecule has 0 saturated carbocycles. The Morgan fingerprint density at radius 2 is 1.43 bits per heavy atom. The Labute approximate surface area is 126 Å². The number of hydrogen-bond acceptors (Lipinski definition) is 4. The molecule has 120 valence electrons. The second kappa shape index (κ2) is 7.56. The highest BCUT2D eigenvalue weighted by molar-refractivity contribution is 5.79. The highest BCUT2D eigenvalue weighted by atomic mass is 16.5. The van der Waals surface area contributed by atoms with Gasteiger partial charge in [0.25, 0.3) is 0 Å². The zero-order chi connectivity index (χ0) is 14.5. The van der Waals surface area contributed by atoms with Crippen LogP contribution >= 0.6 is 0 Å². The molecular weight excluding hydrogens is 270 g/mol. The van der Waals surface area contributed by atoms with Crippen molar-refractivity contribution in [2.45, 2.75) is 50.7 Å². The van der Waals surface area contributed by atoms with Gasteiger partial charge in [0.2, 0.25) is 5.91 Å². The number of carbonyl (C=O) groups is 1. The second-order valence-corrected chi connectivity index (χ2v) is 6.40. The Balaban J connectivity index is 1.59. The molecule has 3 aliphatic heterocycles. The van der Waals surface area contributed by atoms with Gasteiger partial charge in [-0.3, -0.25) is 4.79 Å². The summed E-state index contributed by atoms with van der Waals surface area (Å²) in [5, 5.41) is 0. The van der Waals surface area contributed by atoms with E-state index in [-0.39, 0.29) is 24.0 Å². The molecule has 0 N–H and O–H groups in total. The molecule has 1 amide bonds. The van der Waals surface area contributed by atoms with Gasteiger partial charge >= 0.3 is 0 Å². The molecule has 2 atom stereocenters. The van der Waals surface area contributed by atoms with Crippen molar-refractivity contribution in [2.75, 3.05) is 39.5 Å². The number of rotatable bonds is 5. The van der Waals surface area contributed by atoms with Gasteiger partial charge in [-0.1, -0.05) is 0 Å².